The number of nitrogens with zero attached hydrogens (tertiary/aromatic N) is 1. The molecule has 0 aliphatic carbocycles. The minimum absolute atomic E-state index is 0.168. The lowest BCUT2D eigenvalue weighted by molar-refractivity contribution is 0.100. The summed E-state index contributed by atoms with van der Waals surface area (Å²) in [6, 6.07) is 5.80. The Morgan fingerprint density at radius 3 is 2.26 bits per heavy atom. The molecule has 1 saturated heterocycles. The number of hydrogen-bond acceptors (Lipinski definition) is 5. The fourth-order valence-corrected chi connectivity index (χ4v) is 5.62. The van der Waals surface area contributed by atoms with Crippen LogP contribution in [-0.2, 0) is 10.0 Å². The van der Waals surface area contributed by atoms with Crippen LogP contribution in [0.3, 0.4) is 0 Å². The summed E-state index contributed by atoms with van der Waals surface area (Å²) in [4.78, 5) is 25.2. The molecule has 0 spiro atoms. The van der Waals surface area contributed by atoms with Crippen molar-refractivity contribution >= 4 is 38.2 Å². The average Bonchev–Trinajstić information content (AvgIpc) is 3.24. The summed E-state index contributed by atoms with van der Waals surface area (Å²) in [5, 5.41) is 3.10. The normalized spacial score (nSPS) is 15.0. The van der Waals surface area contributed by atoms with Crippen LogP contribution in [0.2, 0.25) is 0 Å². The minimum atomic E-state index is -3.52. The van der Waals surface area contributed by atoms with E-state index in [1.54, 1.807) is 6.92 Å². The topological polar surface area (TPSA) is 110 Å². The first kappa shape index (κ1) is 19.5. The highest BCUT2D eigenvalue weighted by Gasteiger charge is 2.27. The number of carbonyl (C=O) groups excluding carboxylic acids is 2. The first-order chi connectivity index (χ1) is 12.7. The number of rotatable bonds is 5. The Morgan fingerprint density at radius 2 is 1.70 bits per heavy atom. The molecule has 9 heteroatoms. The van der Waals surface area contributed by atoms with Gasteiger partial charge in [-0.1, -0.05) is 0 Å². The van der Waals surface area contributed by atoms with Crippen molar-refractivity contribution in [3.8, 4) is 0 Å². The quantitative estimate of drug-likeness (QED) is 0.793. The number of anilines is 1. The van der Waals surface area contributed by atoms with Gasteiger partial charge < -0.3 is 11.1 Å². The summed E-state index contributed by atoms with van der Waals surface area (Å²) in [5.74, 6) is -1.02. The zero-order chi connectivity index (χ0) is 19.8. The predicted molar refractivity (Wildman–Crippen MR) is 105 cm³/mol. The maximum Gasteiger partial charge on any atom is 0.256 e. The highest BCUT2D eigenvalue weighted by Crippen LogP contribution is 2.32. The smallest absolute Gasteiger partial charge is 0.256 e. The van der Waals surface area contributed by atoms with Gasteiger partial charge in [-0.15, -0.1) is 11.3 Å². The van der Waals surface area contributed by atoms with E-state index in [0.717, 1.165) is 23.3 Å². The molecule has 3 N–H and O–H groups in total. The Hall–Kier alpha value is -2.23. The monoisotopic (exact) mass is 407 g/mol. The first-order valence-corrected chi connectivity index (χ1v) is 10.8. The molecule has 1 fully saturated rings. The maximum absolute atomic E-state index is 12.5. The lowest BCUT2D eigenvalue weighted by Gasteiger charge is -2.15. The second-order valence-electron chi connectivity index (χ2n) is 6.44. The number of sulfonamides is 1. The van der Waals surface area contributed by atoms with E-state index in [-0.39, 0.29) is 4.90 Å². The molecule has 7 nitrogen and oxygen atoms in total. The van der Waals surface area contributed by atoms with Gasteiger partial charge in [-0.25, -0.2) is 8.42 Å². The summed E-state index contributed by atoms with van der Waals surface area (Å²) >= 11 is 1.28. The first-order valence-electron chi connectivity index (χ1n) is 8.53. The molecule has 3 rings (SSSR count). The van der Waals surface area contributed by atoms with Crippen molar-refractivity contribution in [2.75, 3.05) is 18.4 Å². The number of thiophene rings is 1. The summed E-state index contributed by atoms with van der Waals surface area (Å²) in [6.45, 7) is 4.68. The molecule has 2 amide bonds. The van der Waals surface area contributed by atoms with Crippen LogP contribution in [0.15, 0.2) is 29.2 Å². The van der Waals surface area contributed by atoms with Crippen LogP contribution in [0.25, 0.3) is 0 Å². The molecule has 0 atom stereocenters. The Labute approximate surface area is 162 Å². The van der Waals surface area contributed by atoms with Crippen molar-refractivity contribution < 1.29 is 18.0 Å². The van der Waals surface area contributed by atoms with Gasteiger partial charge in [-0.05, 0) is 56.5 Å². The van der Waals surface area contributed by atoms with Crippen molar-refractivity contribution in [3.63, 3.8) is 0 Å². The van der Waals surface area contributed by atoms with Gasteiger partial charge in [0, 0.05) is 23.5 Å². The molecule has 2 heterocycles. The van der Waals surface area contributed by atoms with E-state index < -0.39 is 21.8 Å². The maximum atomic E-state index is 12.5. The number of hydrogen-bond donors (Lipinski definition) is 2. The summed E-state index contributed by atoms with van der Waals surface area (Å²) in [6.07, 6.45) is 1.73. The molecule has 2 aromatic rings. The van der Waals surface area contributed by atoms with Crippen molar-refractivity contribution in [2.45, 2.75) is 31.6 Å². The number of primary amides is 1. The highest BCUT2D eigenvalue weighted by atomic mass is 32.2. The molecule has 1 aromatic carbocycles. The van der Waals surface area contributed by atoms with Gasteiger partial charge in [0.25, 0.3) is 11.8 Å². The molecule has 0 radical (unpaired) electrons. The van der Waals surface area contributed by atoms with Crippen molar-refractivity contribution in [1.29, 1.82) is 0 Å². The Balaban J connectivity index is 1.81. The van der Waals surface area contributed by atoms with Gasteiger partial charge in [-0.3, -0.25) is 9.59 Å². The highest BCUT2D eigenvalue weighted by molar-refractivity contribution is 7.89. The lowest BCUT2D eigenvalue weighted by atomic mass is 10.1. The Bertz CT molecular complexity index is 988. The second-order valence-corrected chi connectivity index (χ2v) is 9.60. The SMILES string of the molecule is Cc1sc(NC(=O)c2ccc(S(=O)(=O)N3CCCC3)cc2)c(C(N)=O)c1C. The molecular weight excluding hydrogens is 386 g/mol. The van der Waals surface area contributed by atoms with Crippen LogP contribution in [0, 0.1) is 13.8 Å². The number of nitrogens with two attached hydrogens (primary N) is 1. The summed E-state index contributed by atoms with van der Waals surface area (Å²) in [7, 11) is -3.52. The van der Waals surface area contributed by atoms with E-state index in [2.05, 4.69) is 5.32 Å². The van der Waals surface area contributed by atoms with Crippen LogP contribution in [0.5, 0.6) is 0 Å². The van der Waals surface area contributed by atoms with E-state index in [4.69, 9.17) is 5.73 Å². The molecular formula is C18H21N3O4S2. The summed E-state index contributed by atoms with van der Waals surface area (Å²) in [5.41, 5.74) is 6.77. The second kappa shape index (κ2) is 7.41. The van der Waals surface area contributed by atoms with Crippen LogP contribution < -0.4 is 11.1 Å². The largest absolute Gasteiger partial charge is 0.365 e. The van der Waals surface area contributed by atoms with Crippen molar-refractivity contribution in [3.05, 3.63) is 45.8 Å². The van der Waals surface area contributed by atoms with Crippen LogP contribution >= 0.6 is 11.3 Å². The van der Waals surface area contributed by atoms with E-state index >= 15 is 0 Å². The van der Waals surface area contributed by atoms with Crippen LogP contribution in [0.1, 0.15) is 44.0 Å². The Kier molecular flexibility index (Phi) is 5.36. The van der Waals surface area contributed by atoms with Gasteiger partial charge in [0.1, 0.15) is 5.00 Å². The molecule has 27 heavy (non-hydrogen) atoms. The molecule has 0 bridgehead atoms. The number of nitrogens with one attached hydrogen (secondary N) is 1. The van der Waals surface area contributed by atoms with Crippen LogP contribution in [0.4, 0.5) is 5.00 Å². The molecule has 1 aliphatic rings. The Morgan fingerprint density at radius 1 is 1.11 bits per heavy atom. The molecule has 1 aromatic heterocycles. The van der Waals surface area contributed by atoms with Gasteiger partial charge in [0.15, 0.2) is 0 Å². The average molecular weight is 408 g/mol. The number of amides is 2. The van der Waals surface area contributed by atoms with E-state index in [1.165, 1.54) is 39.9 Å². The van der Waals surface area contributed by atoms with Gasteiger partial charge >= 0.3 is 0 Å². The fraction of sp³-hybridized carbons (Fsp3) is 0.333. The molecule has 144 valence electrons. The van der Waals surface area contributed by atoms with E-state index in [1.807, 2.05) is 6.92 Å². The summed E-state index contributed by atoms with van der Waals surface area (Å²) < 4.78 is 26.5. The third kappa shape index (κ3) is 3.76. The third-order valence-electron chi connectivity index (χ3n) is 4.68. The molecule has 0 saturated carbocycles. The molecule has 1 aliphatic heterocycles. The van der Waals surface area contributed by atoms with E-state index in [0.29, 0.717) is 29.2 Å². The van der Waals surface area contributed by atoms with E-state index in [9.17, 15) is 18.0 Å². The number of benzene rings is 1. The molecule has 0 unspecified atom stereocenters. The lowest BCUT2D eigenvalue weighted by Crippen LogP contribution is -2.27. The standard InChI is InChI=1S/C18H21N3O4S2/c1-11-12(2)26-18(15(11)16(19)22)20-17(23)13-5-7-14(8-6-13)27(24,25)21-9-3-4-10-21/h5-8H,3-4,9-10H2,1-2H3,(H2,19,22)(H,20,23). The number of aryl methyl sites for hydroxylation is 1. The zero-order valence-electron chi connectivity index (χ0n) is 15.1. The van der Waals surface area contributed by atoms with Crippen LogP contribution in [-0.4, -0.2) is 37.6 Å². The van der Waals surface area contributed by atoms with Gasteiger partial charge in [0.2, 0.25) is 10.0 Å². The van der Waals surface area contributed by atoms with Gasteiger partial charge in [0.05, 0.1) is 10.5 Å². The van der Waals surface area contributed by atoms with Crippen molar-refractivity contribution in [1.82, 2.24) is 4.31 Å². The van der Waals surface area contributed by atoms with Crippen molar-refractivity contribution in [2.24, 2.45) is 5.73 Å². The zero-order valence-corrected chi connectivity index (χ0v) is 16.7. The number of carbonyl (C=O) groups is 2. The fourth-order valence-electron chi connectivity index (χ4n) is 3.04. The van der Waals surface area contributed by atoms with Gasteiger partial charge in [-0.2, -0.15) is 4.31 Å². The minimum Gasteiger partial charge on any atom is -0.365 e. The third-order valence-corrected chi connectivity index (χ3v) is 7.71. The predicted octanol–water partition coefficient (Wildman–Crippen LogP) is 2.50.